The van der Waals surface area contributed by atoms with E-state index in [1.807, 2.05) is 0 Å². The first-order chi connectivity index (χ1) is 5.26. The monoisotopic (exact) mass is 204 g/mol. The molecule has 0 N–H and O–H groups in total. The summed E-state index contributed by atoms with van der Waals surface area (Å²) in [5.41, 5.74) is 0. The van der Waals surface area contributed by atoms with E-state index in [0.29, 0.717) is 0 Å². The first-order valence-corrected chi connectivity index (χ1v) is 3.30. The van der Waals surface area contributed by atoms with Crippen molar-refractivity contribution in [1.29, 1.82) is 0 Å². The second-order valence-electron chi connectivity index (χ2n) is 1.81. The van der Waals surface area contributed by atoms with Crippen LogP contribution in [-0.2, 0) is 14.3 Å². The van der Waals surface area contributed by atoms with Crippen molar-refractivity contribution in [1.82, 2.24) is 0 Å². The molecule has 0 unspecified atom stereocenters. The van der Waals surface area contributed by atoms with Gasteiger partial charge >= 0.3 is 22.4 Å². The molecule has 1 rings (SSSR count). The third-order valence-corrected chi connectivity index (χ3v) is 1.76. The number of esters is 2. The summed E-state index contributed by atoms with van der Waals surface area (Å²) in [6, 6.07) is 0. The van der Waals surface area contributed by atoms with Gasteiger partial charge in [-0.05, 0) is 0 Å². The van der Waals surface area contributed by atoms with Gasteiger partial charge in [-0.2, -0.15) is 17.6 Å². The van der Waals surface area contributed by atoms with Gasteiger partial charge in [0.25, 0.3) is 0 Å². The predicted molar refractivity (Wildman–Crippen MR) is 28.6 cm³/mol. The van der Waals surface area contributed by atoms with Gasteiger partial charge in [-0.3, -0.25) is 0 Å². The molecule has 1 fully saturated rings. The summed E-state index contributed by atoms with van der Waals surface area (Å²) in [6.45, 7) is 0. The number of thioether (sulfide) groups is 1. The minimum atomic E-state index is -4.36. The molecular formula is C4F4O3S. The molecule has 0 amide bonds. The van der Waals surface area contributed by atoms with Gasteiger partial charge < -0.3 is 4.74 Å². The predicted octanol–water partition coefficient (Wildman–Crippen LogP) is 0.989. The molecule has 0 aromatic carbocycles. The third-order valence-electron chi connectivity index (χ3n) is 0.917. The van der Waals surface area contributed by atoms with E-state index in [1.165, 1.54) is 0 Å². The molecule has 1 saturated heterocycles. The molecule has 0 aromatic heterocycles. The largest absolute Gasteiger partial charge is 0.396 e. The Morgan fingerprint density at radius 2 is 1.33 bits per heavy atom. The molecule has 0 aromatic rings. The van der Waals surface area contributed by atoms with Gasteiger partial charge in [-0.1, -0.05) is 0 Å². The fraction of sp³-hybridized carbons (Fsp3) is 0.500. The zero-order valence-electron chi connectivity index (χ0n) is 5.14. The van der Waals surface area contributed by atoms with E-state index >= 15 is 0 Å². The maximum atomic E-state index is 12.1. The van der Waals surface area contributed by atoms with E-state index in [-0.39, 0.29) is 0 Å². The van der Waals surface area contributed by atoms with Crippen LogP contribution in [0.4, 0.5) is 17.6 Å². The Bertz CT molecular complexity index is 227. The van der Waals surface area contributed by atoms with Crippen LogP contribution < -0.4 is 0 Å². The third kappa shape index (κ3) is 1.38. The number of carbonyl (C=O) groups excluding carboxylic acids is 2. The quantitative estimate of drug-likeness (QED) is 0.335. The van der Waals surface area contributed by atoms with Crippen LogP contribution in [0.15, 0.2) is 0 Å². The van der Waals surface area contributed by atoms with Crippen LogP contribution in [0.1, 0.15) is 0 Å². The van der Waals surface area contributed by atoms with Crippen LogP contribution in [0.3, 0.4) is 0 Å². The topological polar surface area (TPSA) is 43.4 Å². The summed E-state index contributed by atoms with van der Waals surface area (Å²) >= 11 is -1.33. The van der Waals surface area contributed by atoms with Crippen molar-refractivity contribution < 1.29 is 31.9 Å². The van der Waals surface area contributed by atoms with Gasteiger partial charge in [0, 0.05) is 11.8 Å². The Hall–Kier alpha value is -0.790. The second kappa shape index (κ2) is 2.35. The summed E-state index contributed by atoms with van der Waals surface area (Å²) in [5, 5.41) is -8.73. The molecule has 0 bridgehead atoms. The van der Waals surface area contributed by atoms with Crippen LogP contribution in [-0.4, -0.2) is 22.4 Å². The van der Waals surface area contributed by atoms with E-state index in [2.05, 4.69) is 4.74 Å². The summed E-state index contributed by atoms with van der Waals surface area (Å²) in [6.07, 6.45) is 0. The van der Waals surface area contributed by atoms with Crippen LogP contribution in [0.2, 0.25) is 0 Å². The van der Waals surface area contributed by atoms with Gasteiger partial charge in [0.1, 0.15) is 0 Å². The summed E-state index contributed by atoms with van der Waals surface area (Å²) in [7, 11) is 0. The van der Waals surface area contributed by atoms with Crippen molar-refractivity contribution in [3.05, 3.63) is 0 Å². The van der Waals surface area contributed by atoms with Crippen molar-refractivity contribution in [2.24, 2.45) is 0 Å². The zero-order chi connectivity index (χ0) is 9.57. The lowest BCUT2D eigenvalue weighted by atomic mass is 10.6. The molecule has 1 aliphatic heterocycles. The Morgan fingerprint density at radius 1 is 1.00 bits per heavy atom. The lowest BCUT2D eigenvalue weighted by molar-refractivity contribution is -0.183. The SMILES string of the molecule is O=C1OC(=O)C(F)(F)SC1(F)F. The van der Waals surface area contributed by atoms with E-state index in [9.17, 15) is 27.2 Å². The molecule has 0 atom stereocenters. The molecule has 3 nitrogen and oxygen atoms in total. The summed E-state index contributed by atoms with van der Waals surface area (Å²) in [4.78, 5) is 20.1. The number of cyclic esters (lactones) is 2. The second-order valence-corrected chi connectivity index (χ2v) is 3.04. The van der Waals surface area contributed by atoms with Crippen molar-refractivity contribution in [2.45, 2.75) is 10.5 Å². The molecule has 12 heavy (non-hydrogen) atoms. The fourth-order valence-corrected chi connectivity index (χ4v) is 1.02. The van der Waals surface area contributed by atoms with Crippen LogP contribution in [0.25, 0.3) is 0 Å². The van der Waals surface area contributed by atoms with Crippen molar-refractivity contribution >= 4 is 23.7 Å². The van der Waals surface area contributed by atoms with Gasteiger partial charge in [-0.15, -0.1) is 0 Å². The van der Waals surface area contributed by atoms with Gasteiger partial charge in [0.2, 0.25) is 0 Å². The van der Waals surface area contributed by atoms with Gasteiger partial charge in [0.05, 0.1) is 0 Å². The van der Waals surface area contributed by atoms with Crippen LogP contribution in [0.5, 0.6) is 0 Å². The minimum Gasteiger partial charge on any atom is -0.383 e. The Labute approximate surface area is 67.1 Å². The van der Waals surface area contributed by atoms with Crippen molar-refractivity contribution in [3.63, 3.8) is 0 Å². The minimum absolute atomic E-state index is 1.33. The van der Waals surface area contributed by atoms with Gasteiger partial charge in [0.15, 0.2) is 0 Å². The zero-order valence-corrected chi connectivity index (χ0v) is 5.96. The molecule has 68 valence electrons. The number of halogens is 4. The number of rotatable bonds is 0. The summed E-state index contributed by atoms with van der Waals surface area (Å²) < 4.78 is 51.6. The van der Waals surface area contributed by atoms with E-state index in [1.54, 1.807) is 0 Å². The average Bonchev–Trinajstić information content (AvgIpc) is 1.82. The molecular weight excluding hydrogens is 204 g/mol. The number of hydrogen-bond acceptors (Lipinski definition) is 4. The van der Waals surface area contributed by atoms with E-state index in [0.717, 1.165) is 0 Å². The molecule has 1 aliphatic rings. The smallest absolute Gasteiger partial charge is 0.383 e. The Morgan fingerprint density at radius 3 is 1.58 bits per heavy atom. The molecule has 0 radical (unpaired) electrons. The molecule has 1 heterocycles. The molecule has 0 saturated carbocycles. The summed E-state index contributed by atoms with van der Waals surface area (Å²) in [5.74, 6) is -4.52. The average molecular weight is 204 g/mol. The van der Waals surface area contributed by atoms with E-state index in [4.69, 9.17) is 0 Å². The highest BCUT2D eigenvalue weighted by Crippen LogP contribution is 2.46. The van der Waals surface area contributed by atoms with Crippen molar-refractivity contribution in [3.8, 4) is 0 Å². The fourth-order valence-electron chi connectivity index (χ4n) is 0.447. The van der Waals surface area contributed by atoms with Crippen LogP contribution in [0, 0.1) is 0 Å². The standard InChI is InChI=1S/C4F4O3S/c5-3(6)1(9)11-2(10)4(7,8)12-3. The lowest BCUT2D eigenvalue weighted by Gasteiger charge is -2.23. The highest BCUT2D eigenvalue weighted by molar-refractivity contribution is 8.02. The number of carbonyl (C=O) groups is 2. The van der Waals surface area contributed by atoms with Crippen LogP contribution >= 0.6 is 11.8 Å². The Balaban J connectivity index is 2.93. The van der Waals surface area contributed by atoms with Crippen molar-refractivity contribution in [2.75, 3.05) is 0 Å². The first kappa shape index (κ1) is 9.30. The molecule has 8 heteroatoms. The number of ether oxygens (including phenoxy) is 1. The highest BCUT2D eigenvalue weighted by Gasteiger charge is 2.62. The first-order valence-electron chi connectivity index (χ1n) is 2.48. The highest BCUT2D eigenvalue weighted by atomic mass is 32.2. The maximum absolute atomic E-state index is 12.1. The molecule has 0 aliphatic carbocycles. The van der Waals surface area contributed by atoms with E-state index < -0.39 is 34.2 Å². The maximum Gasteiger partial charge on any atom is 0.396 e. The molecule has 0 spiro atoms. The van der Waals surface area contributed by atoms with Gasteiger partial charge in [-0.25, -0.2) is 9.59 Å². The Kier molecular flexibility index (Phi) is 1.82. The number of alkyl halides is 4. The normalized spacial score (nSPS) is 26.7. The number of hydrogen-bond donors (Lipinski definition) is 0. The lowest BCUT2D eigenvalue weighted by Crippen LogP contribution is -2.45.